The Bertz CT molecular complexity index is 341. The minimum Gasteiger partial charge on any atom is -0.465 e. The highest BCUT2D eigenvalue weighted by atomic mass is 35.5. The monoisotopic (exact) mass is 308 g/mol. The van der Waals surface area contributed by atoms with E-state index in [2.05, 4.69) is 13.2 Å². The third-order valence-electron chi connectivity index (χ3n) is 2.32. The fraction of sp³-hybridized carbons (Fsp3) is 0.538. The van der Waals surface area contributed by atoms with Gasteiger partial charge in [-0.25, -0.2) is 0 Å². The van der Waals surface area contributed by atoms with Crippen LogP contribution in [0.1, 0.15) is 26.7 Å². The Morgan fingerprint density at radius 1 is 0.947 bits per heavy atom. The van der Waals surface area contributed by atoms with E-state index < -0.39 is 17.4 Å². The van der Waals surface area contributed by atoms with Crippen LogP contribution in [-0.2, 0) is 19.1 Å². The molecule has 0 aromatic heterocycles. The molecule has 0 aromatic rings. The molecule has 0 fully saturated rings. The van der Waals surface area contributed by atoms with Gasteiger partial charge in [-0.05, 0) is 13.8 Å². The van der Waals surface area contributed by atoms with Gasteiger partial charge in [-0.3, -0.25) is 9.59 Å². The second-order valence-electron chi connectivity index (χ2n) is 3.91. The molecular weight excluding hydrogens is 291 g/mol. The van der Waals surface area contributed by atoms with Crippen molar-refractivity contribution in [3.05, 3.63) is 23.2 Å². The normalized spacial score (nSPS) is 10.7. The van der Waals surface area contributed by atoms with Crippen LogP contribution in [0.15, 0.2) is 23.2 Å². The number of allylic oxidation sites excluding steroid dienone is 2. The lowest BCUT2D eigenvalue weighted by molar-refractivity contribution is -0.171. The Morgan fingerprint density at radius 3 is 1.47 bits per heavy atom. The maximum Gasteiger partial charge on any atom is 0.324 e. The summed E-state index contributed by atoms with van der Waals surface area (Å²) in [4.78, 5) is 24.3. The first kappa shape index (κ1) is 18.0. The molecule has 0 unspecified atom stereocenters. The lowest BCUT2D eigenvalue weighted by atomic mass is 9.80. The molecular formula is C13H18Cl2O4. The predicted molar refractivity (Wildman–Crippen MR) is 74.9 cm³/mol. The molecule has 0 N–H and O–H groups in total. The average Bonchev–Trinajstić information content (AvgIpc) is 2.27. The molecule has 0 aliphatic carbocycles. The zero-order chi connectivity index (χ0) is 15.1. The summed E-state index contributed by atoms with van der Waals surface area (Å²) < 4.78 is 9.87. The number of carbonyl (C=O) groups excluding carboxylic acids is 2. The Kier molecular flexibility index (Phi) is 7.79. The highest BCUT2D eigenvalue weighted by Crippen LogP contribution is 2.37. The van der Waals surface area contributed by atoms with Crippen LogP contribution in [-0.4, -0.2) is 25.2 Å². The van der Waals surface area contributed by atoms with Gasteiger partial charge >= 0.3 is 11.9 Å². The van der Waals surface area contributed by atoms with Crippen molar-refractivity contribution < 1.29 is 19.1 Å². The molecule has 4 nitrogen and oxygen atoms in total. The molecule has 0 saturated heterocycles. The summed E-state index contributed by atoms with van der Waals surface area (Å²) in [5, 5.41) is 0.276. The average molecular weight is 309 g/mol. The molecule has 0 aliphatic heterocycles. The van der Waals surface area contributed by atoms with E-state index in [4.69, 9.17) is 32.7 Å². The van der Waals surface area contributed by atoms with Crippen LogP contribution >= 0.6 is 23.2 Å². The van der Waals surface area contributed by atoms with Crippen molar-refractivity contribution in [2.75, 3.05) is 13.2 Å². The predicted octanol–water partition coefficient (Wildman–Crippen LogP) is 3.38. The summed E-state index contributed by atoms with van der Waals surface area (Å²) in [6, 6.07) is 0. The van der Waals surface area contributed by atoms with Gasteiger partial charge in [-0.1, -0.05) is 36.4 Å². The van der Waals surface area contributed by atoms with Crippen molar-refractivity contribution in [1.29, 1.82) is 0 Å². The van der Waals surface area contributed by atoms with Gasteiger partial charge < -0.3 is 9.47 Å². The zero-order valence-corrected chi connectivity index (χ0v) is 12.6. The van der Waals surface area contributed by atoms with Crippen LogP contribution in [0, 0.1) is 5.41 Å². The number of hydrogen-bond acceptors (Lipinski definition) is 4. The van der Waals surface area contributed by atoms with Gasteiger partial charge in [-0.15, -0.1) is 0 Å². The molecule has 108 valence electrons. The molecule has 0 amide bonds. The molecule has 0 aliphatic rings. The Hall–Kier alpha value is -1.00. The maximum atomic E-state index is 12.1. The quantitative estimate of drug-likeness (QED) is 0.509. The minimum absolute atomic E-state index is 0.113. The molecule has 0 bridgehead atoms. The standard InChI is InChI=1S/C13H18Cl2O4/c1-5-18-11(16)13(7-9(3)14,8-10(4)15)12(17)19-6-2/h3-8H2,1-2H3. The van der Waals surface area contributed by atoms with Gasteiger partial charge in [-0.2, -0.15) is 0 Å². The van der Waals surface area contributed by atoms with E-state index in [-0.39, 0.29) is 36.1 Å². The van der Waals surface area contributed by atoms with Crippen LogP contribution in [0.5, 0.6) is 0 Å². The van der Waals surface area contributed by atoms with Crippen LogP contribution in [0.2, 0.25) is 0 Å². The van der Waals surface area contributed by atoms with E-state index >= 15 is 0 Å². The molecule has 0 radical (unpaired) electrons. The highest BCUT2D eigenvalue weighted by molar-refractivity contribution is 6.30. The topological polar surface area (TPSA) is 52.6 Å². The van der Waals surface area contributed by atoms with E-state index in [0.717, 1.165) is 0 Å². The first-order valence-corrected chi connectivity index (χ1v) is 6.56. The Labute approximate surface area is 123 Å². The molecule has 0 saturated carbocycles. The van der Waals surface area contributed by atoms with E-state index in [1.54, 1.807) is 13.8 Å². The second kappa shape index (κ2) is 8.23. The lowest BCUT2D eigenvalue weighted by Gasteiger charge is -2.28. The minimum atomic E-state index is -1.62. The van der Waals surface area contributed by atoms with E-state index in [1.807, 2.05) is 0 Å². The third-order valence-corrected chi connectivity index (χ3v) is 2.59. The van der Waals surface area contributed by atoms with Crippen LogP contribution in [0.25, 0.3) is 0 Å². The van der Waals surface area contributed by atoms with E-state index in [1.165, 1.54) is 0 Å². The van der Waals surface area contributed by atoms with E-state index in [9.17, 15) is 9.59 Å². The summed E-state index contributed by atoms with van der Waals surface area (Å²) in [5.41, 5.74) is -1.62. The van der Waals surface area contributed by atoms with Gasteiger partial charge in [0.05, 0.1) is 13.2 Å². The van der Waals surface area contributed by atoms with Crippen molar-refractivity contribution in [2.24, 2.45) is 5.41 Å². The molecule has 0 atom stereocenters. The number of rotatable bonds is 8. The Morgan fingerprint density at radius 2 is 1.26 bits per heavy atom. The molecule has 6 heteroatoms. The summed E-state index contributed by atoms with van der Waals surface area (Å²) in [5.74, 6) is -1.48. The summed E-state index contributed by atoms with van der Waals surface area (Å²) in [7, 11) is 0. The third kappa shape index (κ3) is 5.25. The lowest BCUT2D eigenvalue weighted by Crippen LogP contribution is -2.42. The van der Waals surface area contributed by atoms with Crippen molar-refractivity contribution in [1.82, 2.24) is 0 Å². The van der Waals surface area contributed by atoms with Crippen molar-refractivity contribution in [3.63, 3.8) is 0 Å². The summed E-state index contributed by atoms with van der Waals surface area (Å²) in [6.45, 7) is 10.6. The first-order chi connectivity index (χ1) is 8.80. The summed E-state index contributed by atoms with van der Waals surface area (Å²) in [6.07, 6.45) is -0.226. The van der Waals surface area contributed by atoms with Crippen LogP contribution in [0.4, 0.5) is 0 Å². The maximum absolute atomic E-state index is 12.1. The smallest absolute Gasteiger partial charge is 0.324 e. The number of esters is 2. The SMILES string of the molecule is C=C(Cl)CC(CC(=C)Cl)(C(=O)OCC)C(=O)OCC. The molecule has 0 rings (SSSR count). The van der Waals surface area contributed by atoms with Crippen molar-refractivity contribution >= 4 is 35.1 Å². The number of ether oxygens (including phenoxy) is 2. The zero-order valence-electron chi connectivity index (χ0n) is 11.1. The number of hydrogen-bond donors (Lipinski definition) is 0. The van der Waals surface area contributed by atoms with Crippen LogP contribution < -0.4 is 0 Å². The van der Waals surface area contributed by atoms with Crippen molar-refractivity contribution in [3.8, 4) is 0 Å². The summed E-state index contributed by atoms with van der Waals surface area (Å²) >= 11 is 11.5. The van der Waals surface area contributed by atoms with Crippen molar-refractivity contribution in [2.45, 2.75) is 26.7 Å². The number of carbonyl (C=O) groups is 2. The molecule has 0 spiro atoms. The fourth-order valence-electron chi connectivity index (χ4n) is 1.63. The van der Waals surface area contributed by atoms with Gasteiger partial charge in [0.1, 0.15) is 0 Å². The fourth-order valence-corrected chi connectivity index (χ4v) is 2.08. The van der Waals surface area contributed by atoms with E-state index in [0.29, 0.717) is 0 Å². The van der Waals surface area contributed by atoms with Gasteiger partial charge in [0.25, 0.3) is 0 Å². The van der Waals surface area contributed by atoms with Gasteiger partial charge in [0.15, 0.2) is 5.41 Å². The largest absolute Gasteiger partial charge is 0.465 e. The second-order valence-corrected chi connectivity index (χ2v) is 4.98. The molecule has 19 heavy (non-hydrogen) atoms. The van der Waals surface area contributed by atoms with Gasteiger partial charge in [0, 0.05) is 22.9 Å². The highest BCUT2D eigenvalue weighted by Gasteiger charge is 2.49. The number of halogens is 2. The molecule has 0 aromatic carbocycles. The first-order valence-electron chi connectivity index (χ1n) is 5.81. The Balaban J connectivity index is 5.54. The van der Waals surface area contributed by atoms with Gasteiger partial charge in [0.2, 0.25) is 0 Å². The van der Waals surface area contributed by atoms with Crippen LogP contribution in [0.3, 0.4) is 0 Å². The molecule has 0 heterocycles.